The van der Waals surface area contributed by atoms with Crippen LogP contribution >= 0.6 is 11.8 Å². The maximum absolute atomic E-state index is 12.2. The highest BCUT2D eigenvalue weighted by molar-refractivity contribution is 7.99. The molecule has 0 atom stereocenters. The molecular formula is C13H10N2OS. The summed E-state index contributed by atoms with van der Waals surface area (Å²) in [7, 11) is 0. The molecule has 1 N–H and O–H groups in total. The van der Waals surface area contributed by atoms with Crippen molar-refractivity contribution in [2.24, 2.45) is 0 Å². The molecule has 2 heterocycles. The van der Waals surface area contributed by atoms with E-state index in [9.17, 15) is 4.79 Å². The topological polar surface area (TPSA) is 45.8 Å². The van der Waals surface area contributed by atoms with Gasteiger partial charge in [-0.25, -0.2) is 4.98 Å². The first-order valence-electron chi connectivity index (χ1n) is 5.30. The van der Waals surface area contributed by atoms with E-state index in [2.05, 4.69) is 9.97 Å². The summed E-state index contributed by atoms with van der Waals surface area (Å²) < 4.78 is 0. The molecule has 1 aliphatic rings. The van der Waals surface area contributed by atoms with Crippen LogP contribution in [0.25, 0.3) is 6.08 Å². The van der Waals surface area contributed by atoms with Gasteiger partial charge in [0.15, 0.2) is 5.78 Å². The largest absolute Gasteiger partial charge is 0.351 e. The minimum absolute atomic E-state index is 0.113. The summed E-state index contributed by atoms with van der Waals surface area (Å²) in [5.41, 5.74) is 2.40. The fourth-order valence-electron chi connectivity index (χ4n) is 1.81. The van der Waals surface area contributed by atoms with E-state index in [1.54, 1.807) is 24.3 Å². The number of H-pyrrole nitrogens is 1. The Bertz CT molecular complexity index is 587. The first-order valence-corrected chi connectivity index (χ1v) is 6.29. The van der Waals surface area contributed by atoms with E-state index in [-0.39, 0.29) is 5.78 Å². The second-order valence-corrected chi connectivity index (χ2v) is 4.79. The van der Waals surface area contributed by atoms with E-state index < -0.39 is 0 Å². The summed E-state index contributed by atoms with van der Waals surface area (Å²) in [5.74, 6) is 0.824. The molecule has 0 saturated carbocycles. The Morgan fingerprint density at radius 1 is 1.35 bits per heavy atom. The first kappa shape index (κ1) is 10.4. The molecule has 0 spiro atoms. The van der Waals surface area contributed by atoms with Crippen LogP contribution in [0.5, 0.6) is 0 Å². The number of nitrogens with one attached hydrogen (secondary N) is 1. The van der Waals surface area contributed by atoms with Gasteiger partial charge < -0.3 is 4.98 Å². The molecule has 0 bridgehead atoms. The number of carbonyl (C=O) groups excluding carboxylic acids is 1. The first-order chi connectivity index (χ1) is 8.34. The van der Waals surface area contributed by atoms with Crippen LogP contribution in [0.2, 0.25) is 0 Å². The average Bonchev–Trinajstić information content (AvgIpc) is 2.86. The Labute approximate surface area is 103 Å². The van der Waals surface area contributed by atoms with Crippen LogP contribution in [0.1, 0.15) is 16.1 Å². The van der Waals surface area contributed by atoms with Gasteiger partial charge in [-0.1, -0.05) is 12.1 Å². The number of hydrogen-bond acceptors (Lipinski definition) is 3. The number of Topliss-reactive ketones (excluding diaryl/α,β-unsaturated/α-hetero) is 1. The van der Waals surface area contributed by atoms with Gasteiger partial charge >= 0.3 is 0 Å². The number of aromatic nitrogens is 2. The van der Waals surface area contributed by atoms with Crippen molar-refractivity contribution >= 4 is 23.6 Å². The summed E-state index contributed by atoms with van der Waals surface area (Å²) in [6.07, 6.45) is 5.24. The molecule has 4 heteroatoms. The molecule has 0 aliphatic carbocycles. The molecule has 3 nitrogen and oxygen atoms in total. The normalized spacial score (nSPS) is 17.2. The fraction of sp³-hybridized carbons (Fsp3) is 0.0769. The molecule has 0 fully saturated rings. The lowest BCUT2D eigenvalue weighted by Crippen LogP contribution is -2.12. The van der Waals surface area contributed by atoms with Gasteiger partial charge in [0.2, 0.25) is 0 Å². The van der Waals surface area contributed by atoms with E-state index in [0.717, 1.165) is 21.7 Å². The van der Waals surface area contributed by atoms with Crippen LogP contribution in [0.3, 0.4) is 0 Å². The molecule has 17 heavy (non-hydrogen) atoms. The fourth-order valence-corrected chi connectivity index (χ4v) is 2.83. The monoisotopic (exact) mass is 242 g/mol. The van der Waals surface area contributed by atoms with Gasteiger partial charge in [-0.3, -0.25) is 4.79 Å². The molecule has 0 radical (unpaired) electrons. The third kappa shape index (κ3) is 1.91. The molecule has 2 aromatic rings. The number of fused-ring (bicyclic) bond motifs is 1. The zero-order valence-corrected chi connectivity index (χ0v) is 9.83. The Morgan fingerprint density at radius 2 is 2.24 bits per heavy atom. The van der Waals surface area contributed by atoms with Crippen molar-refractivity contribution in [2.45, 2.75) is 4.90 Å². The predicted molar refractivity (Wildman–Crippen MR) is 68.1 cm³/mol. The van der Waals surface area contributed by atoms with Gasteiger partial charge in [0.05, 0.1) is 12.0 Å². The van der Waals surface area contributed by atoms with Crippen molar-refractivity contribution in [3.8, 4) is 0 Å². The number of hydrogen-bond donors (Lipinski definition) is 1. The van der Waals surface area contributed by atoms with E-state index in [1.807, 2.05) is 30.3 Å². The average molecular weight is 242 g/mol. The highest BCUT2D eigenvalue weighted by Crippen LogP contribution is 2.32. The van der Waals surface area contributed by atoms with E-state index in [0.29, 0.717) is 5.75 Å². The minimum atomic E-state index is 0.113. The zero-order valence-electron chi connectivity index (χ0n) is 9.01. The lowest BCUT2D eigenvalue weighted by Gasteiger charge is -2.16. The molecule has 1 aromatic heterocycles. The minimum Gasteiger partial charge on any atom is -0.351 e. The van der Waals surface area contributed by atoms with Crippen molar-refractivity contribution in [3.63, 3.8) is 0 Å². The number of benzene rings is 1. The molecule has 3 rings (SSSR count). The predicted octanol–water partition coefficient (Wildman–Crippen LogP) is 2.78. The Balaban J connectivity index is 2.00. The van der Waals surface area contributed by atoms with E-state index in [4.69, 9.17) is 0 Å². The highest BCUT2D eigenvalue weighted by atomic mass is 32.2. The standard InChI is InChI=1S/C13H10N2OS/c16-13-9(5-10-6-14-8-15-10)7-17-12-4-2-1-3-11(12)13/h1-6,8H,7H2,(H,14,15)/b9-5+. The number of rotatable bonds is 1. The quantitative estimate of drug-likeness (QED) is 0.782. The van der Waals surface area contributed by atoms with E-state index >= 15 is 0 Å². The van der Waals surface area contributed by atoms with Gasteiger partial charge in [-0.05, 0) is 18.2 Å². The van der Waals surface area contributed by atoms with Crippen molar-refractivity contribution in [1.82, 2.24) is 9.97 Å². The van der Waals surface area contributed by atoms with Crippen LogP contribution in [0.4, 0.5) is 0 Å². The van der Waals surface area contributed by atoms with Crippen LogP contribution in [-0.2, 0) is 0 Å². The van der Waals surface area contributed by atoms with Gasteiger partial charge in [0, 0.05) is 28.0 Å². The van der Waals surface area contributed by atoms with Gasteiger partial charge in [0.1, 0.15) is 0 Å². The molecular weight excluding hydrogens is 232 g/mol. The number of aromatic amines is 1. The third-order valence-corrected chi connectivity index (χ3v) is 3.77. The number of thioether (sulfide) groups is 1. The maximum atomic E-state index is 12.2. The van der Waals surface area contributed by atoms with Crippen LogP contribution in [0.15, 0.2) is 47.3 Å². The van der Waals surface area contributed by atoms with Crippen LogP contribution in [0, 0.1) is 0 Å². The van der Waals surface area contributed by atoms with Crippen LogP contribution < -0.4 is 0 Å². The molecule has 1 aliphatic heterocycles. The lowest BCUT2D eigenvalue weighted by molar-refractivity contribution is 0.103. The molecule has 0 unspecified atom stereocenters. The number of ketones is 1. The molecule has 0 amide bonds. The van der Waals surface area contributed by atoms with Crippen molar-refractivity contribution in [2.75, 3.05) is 5.75 Å². The summed E-state index contributed by atoms with van der Waals surface area (Å²) in [6, 6.07) is 7.72. The zero-order chi connectivity index (χ0) is 11.7. The van der Waals surface area contributed by atoms with Crippen molar-refractivity contribution in [3.05, 3.63) is 53.6 Å². The van der Waals surface area contributed by atoms with Crippen molar-refractivity contribution < 1.29 is 4.79 Å². The van der Waals surface area contributed by atoms with Crippen LogP contribution in [-0.4, -0.2) is 21.5 Å². The third-order valence-electron chi connectivity index (χ3n) is 2.65. The van der Waals surface area contributed by atoms with Crippen molar-refractivity contribution in [1.29, 1.82) is 0 Å². The second kappa shape index (κ2) is 4.22. The Kier molecular flexibility index (Phi) is 2.57. The summed E-state index contributed by atoms with van der Waals surface area (Å²) in [4.78, 5) is 20.3. The maximum Gasteiger partial charge on any atom is 0.191 e. The molecule has 0 saturated heterocycles. The SMILES string of the molecule is O=C1/C(=C/c2c[nH]cn2)CSc2ccccc21. The molecule has 1 aromatic carbocycles. The number of imidazole rings is 1. The van der Waals surface area contributed by atoms with Gasteiger partial charge in [-0.15, -0.1) is 11.8 Å². The lowest BCUT2D eigenvalue weighted by atomic mass is 10.0. The Hall–Kier alpha value is -1.81. The molecule has 84 valence electrons. The smallest absolute Gasteiger partial charge is 0.191 e. The Morgan fingerprint density at radius 3 is 3.06 bits per heavy atom. The summed E-state index contributed by atoms with van der Waals surface area (Å²) in [5, 5.41) is 0. The van der Waals surface area contributed by atoms with Gasteiger partial charge in [0.25, 0.3) is 0 Å². The second-order valence-electron chi connectivity index (χ2n) is 3.78. The number of carbonyl (C=O) groups is 1. The highest BCUT2D eigenvalue weighted by Gasteiger charge is 2.21. The van der Waals surface area contributed by atoms with E-state index in [1.165, 1.54) is 0 Å². The van der Waals surface area contributed by atoms with Gasteiger partial charge in [-0.2, -0.15) is 0 Å². The summed E-state index contributed by atoms with van der Waals surface area (Å²) in [6.45, 7) is 0. The number of nitrogens with zero attached hydrogens (tertiary/aromatic N) is 1. The summed E-state index contributed by atoms with van der Waals surface area (Å²) >= 11 is 1.70.